The molecule has 100 valence electrons. The van der Waals surface area contributed by atoms with E-state index in [9.17, 15) is 5.11 Å². The molecule has 19 heavy (non-hydrogen) atoms. The van der Waals surface area contributed by atoms with Crippen molar-refractivity contribution in [2.45, 2.75) is 44.6 Å². The summed E-state index contributed by atoms with van der Waals surface area (Å²) < 4.78 is 0. The number of hydrogen-bond donors (Lipinski definition) is 1. The molecular formula is C16H19NOS. The molecule has 1 aliphatic rings. The van der Waals surface area contributed by atoms with E-state index >= 15 is 0 Å². The van der Waals surface area contributed by atoms with E-state index < -0.39 is 5.60 Å². The van der Waals surface area contributed by atoms with Crippen molar-refractivity contribution in [3.63, 3.8) is 0 Å². The molecule has 2 unspecified atom stereocenters. The predicted octanol–water partition coefficient (Wildman–Crippen LogP) is 3.78. The van der Waals surface area contributed by atoms with Gasteiger partial charge in [0, 0.05) is 27.6 Å². The van der Waals surface area contributed by atoms with Crippen molar-refractivity contribution in [2.75, 3.05) is 0 Å². The molecule has 0 radical (unpaired) electrons. The first kappa shape index (κ1) is 12.8. The second kappa shape index (κ2) is 4.73. The van der Waals surface area contributed by atoms with E-state index in [1.807, 2.05) is 19.2 Å². The van der Waals surface area contributed by atoms with E-state index in [4.69, 9.17) is 0 Å². The molecule has 2 nitrogen and oxygen atoms in total. The molecular weight excluding hydrogens is 254 g/mol. The first-order chi connectivity index (χ1) is 9.09. The van der Waals surface area contributed by atoms with Gasteiger partial charge in [0.05, 0.1) is 0 Å². The molecule has 0 spiro atoms. The maximum absolute atomic E-state index is 11.0. The standard InChI is InChI=1S/C16H19NOS/c1-11-8-9-14(19-11)16(2,18)13-7-3-5-12-6-4-10-17-15(12)13/h4,6,8-10,13,18H,3,5,7H2,1-2H3. The molecule has 0 bridgehead atoms. The second-order valence-electron chi connectivity index (χ2n) is 5.55. The number of nitrogens with zero attached hydrogens (tertiary/aromatic N) is 1. The van der Waals surface area contributed by atoms with Crippen LogP contribution >= 0.6 is 11.3 Å². The second-order valence-corrected chi connectivity index (χ2v) is 6.84. The number of fused-ring (bicyclic) bond motifs is 1. The average Bonchev–Trinajstić information content (AvgIpc) is 2.85. The highest BCUT2D eigenvalue weighted by molar-refractivity contribution is 7.12. The van der Waals surface area contributed by atoms with Gasteiger partial charge < -0.3 is 5.11 Å². The van der Waals surface area contributed by atoms with Gasteiger partial charge in [-0.05, 0) is 56.9 Å². The summed E-state index contributed by atoms with van der Waals surface area (Å²) in [5.74, 6) is 0.107. The minimum atomic E-state index is -0.817. The number of rotatable bonds is 2. The zero-order valence-corrected chi connectivity index (χ0v) is 12.2. The summed E-state index contributed by atoms with van der Waals surface area (Å²) in [5.41, 5.74) is 1.57. The van der Waals surface area contributed by atoms with Crippen molar-refractivity contribution in [3.05, 3.63) is 51.5 Å². The Bertz CT molecular complexity index is 588. The quantitative estimate of drug-likeness (QED) is 0.903. The monoisotopic (exact) mass is 273 g/mol. The van der Waals surface area contributed by atoms with Gasteiger partial charge in [-0.15, -0.1) is 11.3 Å². The first-order valence-corrected chi connectivity index (χ1v) is 7.64. The van der Waals surface area contributed by atoms with E-state index in [1.54, 1.807) is 11.3 Å². The summed E-state index contributed by atoms with van der Waals surface area (Å²) in [6.07, 6.45) is 5.06. The number of thiophene rings is 1. The van der Waals surface area contributed by atoms with Gasteiger partial charge in [0.2, 0.25) is 0 Å². The van der Waals surface area contributed by atoms with Gasteiger partial charge in [0.15, 0.2) is 0 Å². The maximum Gasteiger partial charge on any atom is 0.104 e. The van der Waals surface area contributed by atoms with Crippen LogP contribution in [0.25, 0.3) is 0 Å². The van der Waals surface area contributed by atoms with Crippen LogP contribution in [0.4, 0.5) is 0 Å². The Morgan fingerprint density at radius 2 is 2.21 bits per heavy atom. The molecule has 0 fully saturated rings. The number of pyridine rings is 1. The van der Waals surface area contributed by atoms with Gasteiger partial charge in [-0.2, -0.15) is 0 Å². The van der Waals surface area contributed by atoms with Crippen molar-refractivity contribution in [3.8, 4) is 0 Å². The van der Waals surface area contributed by atoms with E-state index in [1.165, 1.54) is 10.4 Å². The molecule has 2 heterocycles. The molecule has 0 saturated carbocycles. The van der Waals surface area contributed by atoms with Crippen LogP contribution in [0.3, 0.4) is 0 Å². The summed E-state index contributed by atoms with van der Waals surface area (Å²) >= 11 is 1.69. The highest BCUT2D eigenvalue weighted by Gasteiger charge is 2.39. The normalized spacial score (nSPS) is 21.7. The highest BCUT2D eigenvalue weighted by atomic mass is 32.1. The summed E-state index contributed by atoms with van der Waals surface area (Å²) in [7, 11) is 0. The minimum Gasteiger partial charge on any atom is -0.384 e. The molecule has 3 rings (SSSR count). The largest absolute Gasteiger partial charge is 0.384 e. The Kier molecular flexibility index (Phi) is 3.19. The third kappa shape index (κ3) is 2.21. The number of aliphatic hydroxyl groups is 1. The third-order valence-corrected chi connectivity index (χ3v) is 5.34. The van der Waals surface area contributed by atoms with Gasteiger partial charge >= 0.3 is 0 Å². The highest BCUT2D eigenvalue weighted by Crippen LogP contribution is 2.44. The van der Waals surface area contributed by atoms with E-state index in [-0.39, 0.29) is 5.92 Å². The van der Waals surface area contributed by atoms with Crippen LogP contribution in [0.15, 0.2) is 30.5 Å². The Balaban J connectivity index is 2.03. The van der Waals surface area contributed by atoms with Crippen molar-refractivity contribution in [2.24, 2.45) is 0 Å². The van der Waals surface area contributed by atoms with Crippen LogP contribution in [0.5, 0.6) is 0 Å². The molecule has 2 aromatic heterocycles. The van der Waals surface area contributed by atoms with Gasteiger partial charge in [-0.1, -0.05) is 6.07 Å². The molecule has 2 atom stereocenters. The van der Waals surface area contributed by atoms with Crippen molar-refractivity contribution in [1.82, 2.24) is 4.98 Å². The van der Waals surface area contributed by atoms with Gasteiger partial charge in [-0.3, -0.25) is 4.98 Å². The summed E-state index contributed by atoms with van der Waals surface area (Å²) in [6, 6.07) is 8.27. The average molecular weight is 273 g/mol. The minimum absolute atomic E-state index is 0.107. The Morgan fingerprint density at radius 3 is 2.95 bits per heavy atom. The van der Waals surface area contributed by atoms with Crippen LogP contribution in [-0.2, 0) is 12.0 Å². The smallest absolute Gasteiger partial charge is 0.104 e. The molecule has 2 aromatic rings. The number of aryl methyl sites for hydroxylation is 2. The predicted molar refractivity (Wildman–Crippen MR) is 78.5 cm³/mol. The molecule has 0 aromatic carbocycles. The lowest BCUT2D eigenvalue weighted by Crippen LogP contribution is -2.32. The molecule has 0 saturated heterocycles. The lowest BCUT2D eigenvalue weighted by atomic mass is 9.76. The van der Waals surface area contributed by atoms with Crippen LogP contribution in [-0.4, -0.2) is 10.1 Å². The lowest BCUT2D eigenvalue weighted by molar-refractivity contribution is 0.0224. The van der Waals surface area contributed by atoms with Crippen LogP contribution in [0.1, 0.15) is 46.7 Å². The third-order valence-electron chi connectivity index (χ3n) is 4.11. The van der Waals surface area contributed by atoms with E-state index in [0.29, 0.717) is 0 Å². The molecule has 3 heteroatoms. The topological polar surface area (TPSA) is 33.1 Å². The summed E-state index contributed by atoms with van der Waals surface area (Å²) in [6.45, 7) is 4.02. The maximum atomic E-state index is 11.0. The van der Waals surface area contributed by atoms with E-state index in [2.05, 4.69) is 30.1 Å². The molecule has 0 amide bonds. The van der Waals surface area contributed by atoms with Crippen molar-refractivity contribution >= 4 is 11.3 Å². The van der Waals surface area contributed by atoms with Gasteiger partial charge in [0.25, 0.3) is 0 Å². The Hall–Kier alpha value is -1.19. The van der Waals surface area contributed by atoms with Crippen LogP contribution < -0.4 is 0 Å². The van der Waals surface area contributed by atoms with Crippen molar-refractivity contribution < 1.29 is 5.11 Å². The Morgan fingerprint density at radius 1 is 1.37 bits per heavy atom. The first-order valence-electron chi connectivity index (χ1n) is 6.82. The van der Waals surface area contributed by atoms with E-state index in [0.717, 1.165) is 29.8 Å². The SMILES string of the molecule is Cc1ccc(C(C)(O)C2CCCc3cccnc32)s1. The van der Waals surface area contributed by atoms with Gasteiger partial charge in [0.1, 0.15) is 5.60 Å². The van der Waals surface area contributed by atoms with Gasteiger partial charge in [-0.25, -0.2) is 0 Å². The Labute approximate surface area is 118 Å². The lowest BCUT2D eigenvalue weighted by Gasteiger charge is -2.35. The fraction of sp³-hybridized carbons (Fsp3) is 0.438. The zero-order chi connectivity index (χ0) is 13.5. The van der Waals surface area contributed by atoms with Crippen LogP contribution in [0.2, 0.25) is 0 Å². The van der Waals surface area contributed by atoms with Crippen LogP contribution in [0, 0.1) is 6.92 Å². The van der Waals surface area contributed by atoms with Crippen molar-refractivity contribution in [1.29, 1.82) is 0 Å². The number of aromatic nitrogens is 1. The molecule has 1 N–H and O–H groups in total. The fourth-order valence-electron chi connectivity index (χ4n) is 3.03. The fourth-order valence-corrected chi connectivity index (χ4v) is 4.00. The molecule has 1 aliphatic carbocycles. The summed E-state index contributed by atoms with van der Waals surface area (Å²) in [5, 5.41) is 11.0. The number of hydrogen-bond acceptors (Lipinski definition) is 3. The molecule has 0 aliphatic heterocycles. The summed E-state index contributed by atoms with van der Waals surface area (Å²) in [4.78, 5) is 6.84. The zero-order valence-electron chi connectivity index (χ0n) is 11.4.